The van der Waals surface area contributed by atoms with Crippen molar-refractivity contribution in [1.82, 2.24) is 20.2 Å². The maximum Gasteiger partial charge on any atom is 0.171 e. The summed E-state index contributed by atoms with van der Waals surface area (Å²) in [4.78, 5) is 0. The molecule has 0 aliphatic rings. The number of tetrazole rings is 1. The molecule has 0 aliphatic carbocycles. The molecule has 0 fully saturated rings. The van der Waals surface area contributed by atoms with Gasteiger partial charge in [-0.25, -0.2) is 4.39 Å². The third-order valence-corrected chi connectivity index (χ3v) is 2.27. The Hall–Kier alpha value is -1.20. The molecule has 15 heavy (non-hydrogen) atoms. The van der Waals surface area contributed by atoms with Gasteiger partial charge in [-0.2, -0.15) is 4.68 Å². The highest BCUT2D eigenvalue weighted by molar-refractivity contribution is 6.30. The van der Waals surface area contributed by atoms with Crippen LogP contribution in [-0.4, -0.2) is 20.2 Å². The van der Waals surface area contributed by atoms with Crippen LogP contribution in [0.5, 0.6) is 0 Å². The molecule has 0 amide bonds. The van der Waals surface area contributed by atoms with Crippen molar-refractivity contribution in [1.29, 1.82) is 0 Å². The molecule has 0 atom stereocenters. The summed E-state index contributed by atoms with van der Waals surface area (Å²) in [5.41, 5.74) is 0.222. The first-order valence-electron chi connectivity index (χ1n) is 4.01. The first-order chi connectivity index (χ1) is 7.22. The molecule has 0 saturated heterocycles. The van der Waals surface area contributed by atoms with Gasteiger partial charge in [0, 0.05) is 5.02 Å². The molecule has 0 aliphatic heterocycles. The van der Waals surface area contributed by atoms with Gasteiger partial charge in [-0.05, 0) is 28.6 Å². The fourth-order valence-corrected chi connectivity index (χ4v) is 1.45. The average molecular weight is 247 g/mol. The van der Waals surface area contributed by atoms with Crippen LogP contribution < -0.4 is 0 Å². The normalized spacial score (nSPS) is 10.6. The van der Waals surface area contributed by atoms with Crippen molar-refractivity contribution in [2.75, 3.05) is 0 Å². The van der Waals surface area contributed by atoms with Crippen LogP contribution in [0, 0.1) is 5.82 Å². The number of alkyl halides is 1. The third-order valence-electron chi connectivity index (χ3n) is 1.79. The van der Waals surface area contributed by atoms with E-state index in [1.807, 2.05) is 0 Å². The quantitative estimate of drug-likeness (QED) is 0.764. The molecule has 0 N–H and O–H groups in total. The zero-order chi connectivity index (χ0) is 10.8. The summed E-state index contributed by atoms with van der Waals surface area (Å²) in [6.07, 6.45) is 0. The van der Waals surface area contributed by atoms with Crippen LogP contribution in [0.15, 0.2) is 18.2 Å². The van der Waals surface area contributed by atoms with E-state index in [4.69, 9.17) is 23.2 Å². The maximum absolute atomic E-state index is 13.5. The number of benzene rings is 1. The molecule has 4 nitrogen and oxygen atoms in total. The second kappa shape index (κ2) is 4.12. The lowest BCUT2D eigenvalue weighted by atomic mass is 10.3. The Morgan fingerprint density at radius 2 is 2.20 bits per heavy atom. The second-order valence-electron chi connectivity index (χ2n) is 2.74. The number of hydrogen-bond donors (Lipinski definition) is 0. The lowest BCUT2D eigenvalue weighted by molar-refractivity contribution is 0.604. The molecular weight excluding hydrogens is 242 g/mol. The molecule has 0 unspecified atom stereocenters. The molecule has 0 bridgehead atoms. The van der Waals surface area contributed by atoms with Crippen molar-refractivity contribution in [3.63, 3.8) is 0 Å². The Kier molecular flexibility index (Phi) is 2.83. The highest BCUT2D eigenvalue weighted by atomic mass is 35.5. The summed E-state index contributed by atoms with van der Waals surface area (Å²) in [6.45, 7) is 0. The van der Waals surface area contributed by atoms with E-state index in [-0.39, 0.29) is 11.6 Å². The molecule has 7 heteroatoms. The Bertz CT molecular complexity index is 485. The van der Waals surface area contributed by atoms with E-state index in [9.17, 15) is 4.39 Å². The molecule has 2 rings (SSSR count). The van der Waals surface area contributed by atoms with Crippen LogP contribution in [0.3, 0.4) is 0 Å². The van der Waals surface area contributed by atoms with Crippen LogP contribution in [0.2, 0.25) is 5.02 Å². The largest absolute Gasteiger partial charge is 0.205 e. The monoisotopic (exact) mass is 246 g/mol. The van der Waals surface area contributed by atoms with E-state index in [0.29, 0.717) is 10.8 Å². The zero-order valence-electron chi connectivity index (χ0n) is 7.36. The molecule has 0 radical (unpaired) electrons. The summed E-state index contributed by atoms with van der Waals surface area (Å²) >= 11 is 11.2. The minimum Gasteiger partial charge on any atom is -0.205 e. The first-order valence-corrected chi connectivity index (χ1v) is 4.92. The molecule has 1 aromatic heterocycles. The van der Waals surface area contributed by atoms with E-state index < -0.39 is 5.82 Å². The highest BCUT2D eigenvalue weighted by Crippen LogP contribution is 2.18. The lowest BCUT2D eigenvalue weighted by Gasteiger charge is -2.03. The van der Waals surface area contributed by atoms with Gasteiger partial charge in [-0.3, -0.25) is 0 Å². The fourth-order valence-electron chi connectivity index (χ4n) is 1.13. The summed E-state index contributed by atoms with van der Waals surface area (Å²) in [6, 6.07) is 4.24. The number of nitrogens with zero attached hydrogens (tertiary/aromatic N) is 4. The summed E-state index contributed by atoms with van der Waals surface area (Å²) < 4.78 is 14.7. The van der Waals surface area contributed by atoms with Gasteiger partial charge >= 0.3 is 0 Å². The van der Waals surface area contributed by atoms with Crippen molar-refractivity contribution in [3.8, 4) is 5.69 Å². The number of hydrogen-bond acceptors (Lipinski definition) is 3. The predicted molar refractivity (Wildman–Crippen MR) is 53.7 cm³/mol. The number of rotatable bonds is 2. The van der Waals surface area contributed by atoms with Crippen LogP contribution >= 0.6 is 23.2 Å². The highest BCUT2D eigenvalue weighted by Gasteiger charge is 2.11. The number of aromatic nitrogens is 4. The summed E-state index contributed by atoms with van der Waals surface area (Å²) in [7, 11) is 0. The Morgan fingerprint density at radius 1 is 1.40 bits per heavy atom. The molecule has 1 heterocycles. The van der Waals surface area contributed by atoms with E-state index in [1.54, 1.807) is 6.07 Å². The maximum atomic E-state index is 13.5. The SMILES string of the molecule is Fc1cc(Cl)ccc1-n1nnnc1CCl. The molecule has 0 saturated carbocycles. The van der Waals surface area contributed by atoms with Crippen molar-refractivity contribution < 1.29 is 4.39 Å². The molecule has 2 aromatic rings. The van der Waals surface area contributed by atoms with Gasteiger partial charge in [-0.15, -0.1) is 16.7 Å². The van der Waals surface area contributed by atoms with E-state index >= 15 is 0 Å². The summed E-state index contributed by atoms with van der Waals surface area (Å²) in [5.74, 6) is -0.0197. The fraction of sp³-hybridized carbons (Fsp3) is 0.125. The molecular formula is C8H5Cl2FN4. The minimum atomic E-state index is -0.499. The molecule has 0 spiro atoms. The van der Waals surface area contributed by atoms with Crippen molar-refractivity contribution >= 4 is 23.2 Å². The van der Waals surface area contributed by atoms with E-state index in [0.717, 1.165) is 0 Å². The van der Waals surface area contributed by atoms with Gasteiger partial charge in [0.15, 0.2) is 5.82 Å². The van der Waals surface area contributed by atoms with Gasteiger partial charge in [0.05, 0.1) is 5.88 Å². The van der Waals surface area contributed by atoms with E-state index in [2.05, 4.69) is 15.5 Å². The Balaban J connectivity index is 2.54. The van der Waals surface area contributed by atoms with Crippen LogP contribution in [0.1, 0.15) is 5.82 Å². The standard InChI is InChI=1S/C8H5Cl2FN4/c9-4-8-12-13-14-15(8)7-2-1-5(10)3-6(7)11/h1-3H,4H2. The number of halogens is 3. The average Bonchev–Trinajstić information content (AvgIpc) is 2.65. The smallest absolute Gasteiger partial charge is 0.171 e. The molecule has 1 aromatic carbocycles. The van der Waals surface area contributed by atoms with Gasteiger partial charge in [0.1, 0.15) is 11.5 Å². The van der Waals surface area contributed by atoms with Gasteiger partial charge in [-0.1, -0.05) is 11.6 Å². The predicted octanol–water partition coefficient (Wildman–Crippen LogP) is 2.19. The van der Waals surface area contributed by atoms with Gasteiger partial charge in [0.2, 0.25) is 0 Å². The topological polar surface area (TPSA) is 43.6 Å². The van der Waals surface area contributed by atoms with Crippen molar-refractivity contribution in [2.45, 2.75) is 5.88 Å². The first kappa shape index (κ1) is 10.3. The van der Waals surface area contributed by atoms with Crippen molar-refractivity contribution in [3.05, 3.63) is 34.9 Å². The minimum absolute atomic E-state index is 0.106. The van der Waals surface area contributed by atoms with Gasteiger partial charge in [0.25, 0.3) is 0 Å². The lowest BCUT2D eigenvalue weighted by Crippen LogP contribution is -2.03. The van der Waals surface area contributed by atoms with Crippen LogP contribution in [0.25, 0.3) is 5.69 Å². The summed E-state index contributed by atoms with van der Waals surface area (Å²) in [5, 5.41) is 11.0. The van der Waals surface area contributed by atoms with E-state index in [1.165, 1.54) is 16.8 Å². The Morgan fingerprint density at radius 3 is 2.87 bits per heavy atom. The molecule has 78 valence electrons. The van der Waals surface area contributed by atoms with Gasteiger partial charge < -0.3 is 0 Å². The third kappa shape index (κ3) is 1.93. The Labute approximate surface area is 94.6 Å². The second-order valence-corrected chi connectivity index (χ2v) is 3.44. The van der Waals surface area contributed by atoms with Crippen molar-refractivity contribution in [2.24, 2.45) is 0 Å². The van der Waals surface area contributed by atoms with Crippen LogP contribution in [0.4, 0.5) is 4.39 Å². The van der Waals surface area contributed by atoms with Crippen LogP contribution in [-0.2, 0) is 5.88 Å². The zero-order valence-corrected chi connectivity index (χ0v) is 8.87.